The predicted molar refractivity (Wildman–Crippen MR) is 144 cm³/mol. The molecule has 3 aromatic carbocycles. The fourth-order valence-electron chi connectivity index (χ4n) is 3.29. The van der Waals surface area contributed by atoms with Crippen LogP contribution in [0.4, 0.5) is 11.4 Å². The standard InChI is InChI=1S/C26H19Cl2N3O5S/c27-16-8-11-19(20(28)12-16)21(32)14-36-25(35)15-6-9-18(10-7-15)29-23(33)13-22-24(34)31-26(37-22)30-17-4-2-1-3-5-17/h1-12,22H,13-14H2,(H,29,33)(H,30,31,34). The van der Waals surface area contributed by atoms with Crippen molar-refractivity contribution in [2.75, 3.05) is 11.9 Å². The van der Waals surface area contributed by atoms with Crippen molar-refractivity contribution in [1.29, 1.82) is 0 Å². The van der Waals surface area contributed by atoms with Crippen LogP contribution in [-0.2, 0) is 14.3 Å². The maximum absolute atomic E-state index is 12.5. The molecule has 2 amide bonds. The zero-order valence-corrected chi connectivity index (χ0v) is 21.4. The molecule has 1 atom stereocenters. The van der Waals surface area contributed by atoms with Crippen molar-refractivity contribution < 1.29 is 23.9 Å². The van der Waals surface area contributed by atoms with E-state index in [0.29, 0.717) is 21.6 Å². The van der Waals surface area contributed by atoms with Crippen LogP contribution < -0.4 is 10.6 Å². The van der Waals surface area contributed by atoms with Gasteiger partial charge in [0.25, 0.3) is 0 Å². The van der Waals surface area contributed by atoms with Gasteiger partial charge in [-0.15, -0.1) is 0 Å². The van der Waals surface area contributed by atoms with E-state index in [1.54, 1.807) is 0 Å². The van der Waals surface area contributed by atoms with Gasteiger partial charge in [0.1, 0.15) is 5.25 Å². The number of ketones is 1. The Balaban J connectivity index is 1.27. The van der Waals surface area contributed by atoms with Crippen molar-refractivity contribution in [2.45, 2.75) is 11.7 Å². The van der Waals surface area contributed by atoms with E-state index in [1.807, 2.05) is 30.3 Å². The lowest BCUT2D eigenvalue weighted by Gasteiger charge is -2.09. The molecule has 2 N–H and O–H groups in total. The van der Waals surface area contributed by atoms with E-state index in [1.165, 1.54) is 54.2 Å². The fourth-order valence-corrected chi connectivity index (χ4v) is 4.79. The zero-order chi connectivity index (χ0) is 26.4. The van der Waals surface area contributed by atoms with Crippen LogP contribution in [0.25, 0.3) is 0 Å². The highest BCUT2D eigenvalue weighted by Gasteiger charge is 2.32. The van der Waals surface area contributed by atoms with Crippen LogP contribution in [0, 0.1) is 0 Å². The van der Waals surface area contributed by atoms with Gasteiger partial charge in [-0.05, 0) is 54.6 Å². The van der Waals surface area contributed by atoms with Crippen molar-refractivity contribution in [3.8, 4) is 0 Å². The van der Waals surface area contributed by atoms with E-state index in [2.05, 4.69) is 15.6 Å². The molecule has 1 saturated heterocycles. The third-order valence-corrected chi connectivity index (χ3v) is 6.73. The van der Waals surface area contributed by atoms with Crippen molar-refractivity contribution >= 4 is 75.1 Å². The molecule has 0 aromatic heterocycles. The first-order valence-electron chi connectivity index (χ1n) is 10.9. The number of ether oxygens (including phenoxy) is 1. The van der Waals surface area contributed by atoms with Crippen LogP contribution in [0.15, 0.2) is 77.8 Å². The molecule has 0 bridgehead atoms. The zero-order valence-electron chi connectivity index (χ0n) is 19.1. The monoisotopic (exact) mass is 555 g/mol. The summed E-state index contributed by atoms with van der Waals surface area (Å²) >= 11 is 13.0. The number of nitrogens with one attached hydrogen (secondary N) is 2. The Morgan fingerprint density at radius 1 is 1.00 bits per heavy atom. The van der Waals surface area contributed by atoms with Crippen LogP contribution in [0.3, 0.4) is 0 Å². The lowest BCUT2D eigenvalue weighted by molar-refractivity contribution is -0.122. The average Bonchev–Trinajstić information content (AvgIpc) is 3.21. The quantitative estimate of drug-likeness (QED) is 0.288. The summed E-state index contributed by atoms with van der Waals surface area (Å²) in [6.45, 7) is -0.491. The number of hydrogen-bond donors (Lipinski definition) is 2. The normalized spacial score (nSPS) is 15.8. The van der Waals surface area contributed by atoms with Crippen molar-refractivity contribution in [3.63, 3.8) is 0 Å². The topological polar surface area (TPSA) is 114 Å². The van der Waals surface area contributed by atoms with Crippen LogP contribution in [0.5, 0.6) is 0 Å². The number of hydrogen-bond acceptors (Lipinski definition) is 7. The molecule has 1 unspecified atom stereocenters. The second-order valence-corrected chi connectivity index (χ2v) is 9.84. The summed E-state index contributed by atoms with van der Waals surface area (Å²) < 4.78 is 5.08. The molecule has 4 rings (SSSR count). The van der Waals surface area contributed by atoms with Crippen LogP contribution in [-0.4, -0.2) is 40.6 Å². The van der Waals surface area contributed by atoms with Gasteiger partial charge in [-0.1, -0.05) is 53.2 Å². The largest absolute Gasteiger partial charge is 0.454 e. The third kappa shape index (κ3) is 7.19. The summed E-state index contributed by atoms with van der Waals surface area (Å²) in [5, 5.41) is 5.77. The van der Waals surface area contributed by atoms with E-state index < -0.39 is 23.6 Å². The second-order valence-electron chi connectivity index (χ2n) is 7.80. The molecule has 0 saturated carbocycles. The summed E-state index contributed by atoms with van der Waals surface area (Å²) in [4.78, 5) is 53.6. The number of aliphatic imine (C=N–C) groups is 1. The Morgan fingerprint density at radius 3 is 2.43 bits per heavy atom. The number of thioether (sulfide) groups is 1. The SMILES string of the molecule is O=C(CC1SC(=Nc2ccccc2)NC1=O)Nc1ccc(C(=O)OCC(=O)c2ccc(Cl)cc2Cl)cc1. The minimum Gasteiger partial charge on any atom is -0.454 e. The summed E-state index contributed by atoms with van der Waals surface area (Å²) in [7, 11) is 0. The van der Waals surface area contributed by atoms with Crippen molar-refractivity contribution in [3.05, 3.63) is 94.0 Å². The number of halogens is 2. The lowest BCUT2D eigenvalue weighted by atomic mass is 10.1. The number of amidine groups is 1. The molecule has 1 aliphatic heterocycles. The van der Waals surface area contributed by atoms with Gasteiger partial charge in [-0.2, -0.15) is 0 Å². The molecule has 8 nitrogen and oxygen atoms in total. The number of para-hydroxylation sites is 1. The first-order valence-corrected chi connectivity index (χ1v) is 12.6. The number of benzene rings is 3. The van der Waals surface area contributed by atoms with E-state index in [-0.39, 0.29) is 34.4 Å². The van der Waals surface area contributed by atoms with Crippen LogP contribution in [0.2, 0.25) is 10.0 Å². The van der Waals surface area contributed by atoms with Gasteiger partial charge in [0.2, 0.25) is 17.6 Å². The van der Waals surface area contributed by atoms with Gasteiger partial charge in [-0.3, -0.25) is 14.4 Å². The van der Waals surface area contributed by atoms with E-state index in [9.17, 15) is 19.2 Å². The number of Topliss-reactive ketones (excluding diaryl/α,β-unsaturated/α-hetero) is 1. The molecular formula is C26H19Cl2N3O5S. The number of rotatable bonds is 8. The minimum atomic E-state index is -0.708. The van der Waals surface area contributed by atoms with Gasteiger partial charge in [-0.25, -0.2) is 9.79 Å². The summed E-state index contributed by atoms with van der Waals surface area (Å²) in [6, 6.07) is 19.5. The molecule has 1 aliphatic rings. The number of amides is 2. The Bertz CT molecular complexity index is 1380. The molecule has 188 valence electrons. The van der Waals surface area contributed by atoms with Crippen LogP contribution in [0.1, 0.15) is 27.1 Å². The molecule has 0 radical (unpaired) electrons. The summed E-state index contributed by atoms with van der Waals surface area (Å²) in [5.74, 6) is -1.83. The maximum Gasteiger partial charge on any atom is 0.338 e. The van der Waals surface area contributed by atoms with E-state index in [4.69, 9.17) is 27.9 Å². The molecule has 37 heavy (non-hydrogen) atoms. The number of carbonyl (C=O) groups is 4. The number of esters is 1. The Labute approximate surface area is 226 Å². The molecule has 1 heterocycles. The summed E-state index contributed by atoms with van der Waals surface area (Å²) in [5.41, 5.74) is 1.53. The molecule has 0 spiro atoms. The third-order valence-electron chi connectivity index (χ3n) is 5.10. The minimum absolute atomic E-state index is 0.0521. The van der Waals surface area contributed by atoms with Crippen LogP contribution >= 0.6 is 35.0 Å². The Hall–Kier alpha value is -3.66. The molecule has 1 fully saturated rings. The smallest absolute Gasteiger partial charge is 0.338 e. The highest BCUT2D eigenvalue weighted by molar-refractivity contribution is 8.15. The number of carbonyl (C=O) groups excluding carboxylic acids is 4. The van der Waals surface area contributed by atoms with E-state index in [0.717, 1.165) is 0 Å². The number of anilines is 1. The molecule has 0 aliphatic carbocycles. The van der Waals surface area contributed by atoms with Crippen molar-refractivity contribution in [2.24, 2.45) is 4.99 Å². The highest BCUT2D eigenvalue weighted by Crippen LogP contribution is 2.26. The van der Waals surface area contributed by atoms with Crippen molar-refractivity contribution in [1.82, 2.24) is 5.32 Å². The van der Waals surface area contributed by atoms with Gasteiger partial charge in [0.15, 0.2) is 11.8 Å². The molecule has 11 heteroatoms. The Kier molecular flexibility index (Phi) is 8.60. The highest BCUT2D eigenvalue weighted by atomic mass is 35.5. The fraction of sp³-hybridized carbons (Fsp3) is 0.115. The lowest BCUT2D eigenvalue weighted by Crippen LogP contribution is -2.28. The number of nitrogens with zero attached hydrogens (tertiary/aromatic N) is 1. The second kappa shape index (κ2) is 12.1. The summed E-state index contributed by atoms with van der Waals surface area (Å²) in [6.07, 6.45) is -0.0521. The maximum atomic E-state index is 12.5. The molecule has 3 aromatic rings. The van der Waals surface area contributed by atoms with Gasteiger partial charge < -0.3 is 15.4 Å². The first-order chi connectivity index (χ1) is 17.8. The Morgan fingerprint density at radius 2 is 1.73 bits per heavy atom. The first kappa shape index (κ1) is 26.4. The van der Waals surface area contributed by atoms with E-state index >= 15 is 0 Å². The van der Waals surface area contributed by atoms with Gasteiger partial charge in [0, 0.05) is 22.7 Å². The average molecular weight is 556 g/mol. The predicted octanol–water partition coefficient (Wildman–Crippen LogP) is 5.28. The molecular weight excluding hydrogens is 537 g/mol. The van der Waals surface area contributed by atoms with Gasteiger partial charge in [0.05, 0.1) is 16.3 Å². The van der Waals surface area contributed by atoms with Gasteiger partial charge >= 0.3 is 5.97 Å².